The molecule has 1 atom stereocenters. The number of halogens is 2. The van der Waals surface area contributed by atoms with Crippen LogP contribution in [0.15, 0.2) is 93.3 Å². The molecule has 33 heavy (non-hydrogen) atoms. The van der Waals surface area contributed by atoms with Crippen molar-refractivity contribution in [2.24, 2.45) is 5.10 Å². The van der Waals surface area contributed by atoms with Gasteiger partial charge in [0.15, 0.2) is 0 Å². The number of hydrogen-bond donors (Lipinski definition) is 0. The molecule has 0 radical (unpaired) electrons. The van der Waals surface area contributed by atoms with Gasteiger partial charge < -0.3 is 0 Å². The molecule has 0 spiro atoms. The molecule has 0 fully saturated rings. The third-order valence-corrected chi connectivity index (χ3v) is 8.25. The minimum atomic E-state index is -3.91. The minimum Gasteiger partial charge on any atom is -0.235 e. The molecule has 5 rings (SSSR count). The lowest BCUT2D eigenvalue weighted by molar-refractivity contribution is 0.371. The predicted octanol–water partition coefficient (Wildman–Crippen LogP) is 6.50. The normalized spacial score (nSPS) is 16.3. The lowest BCUT2D eigenvalue weighted by Gasteiger charge is -2.24. The maximum absolute atomic E-state index is 13.6. The van der Waals surface area contributed by atoms with Crippen molar-refractivity contribution >= 4 is 54.2 Å². The van der Waals surface area contributed by atoms with Crippen molar-refractivity contribution in [1.29, 1.82) is 0 Å². The van der Waals surface area contributed by atoms with Gasteiger partial charge >= 0.3 is 0 Å². The number of para-hydroxylation sites is 1. The van der Waals surface area contributed by atoms with Crippen molar-refractivity contribution in [3.63, 3.8) is 0 Å². The monoisotopic (exact) mass is 539 g/mol. The zero-order valence-corrected chi connectivity index (χ0v) is 20.8. The minimum absolute atomic E-state index is 0.177. The number of aromatic nitrogens is 1. The molecular weight excluding hydrogens is 522 g/mol. The highest BCUT2D eigenvalue weighted by atomic mass is 79.9. The lowest BCUT2D eigenvalue weighted by Crippen LogP contribution is -2.27. The van der Waals surface area contributed by atoms with E-state index < -0.39 is 16.1 Å². The molecule has 1 aromatic heterocycles. The molecule has 0 saturated carbocycles. The number of benzene rings is 3. The van der Waals surface area contributed by atoms with Crippen molar-refractivity contribution in [3.8, 4) is 0 Å². The van der Waals surface area contributed by atoms with Crippen LogP contribution in [-0.2, 0) is 10.0 Å². The molecule has 4 aromatic rings. The Balaban J connectivity index is 1.66. The van der Waals surface area contributed by atoms with Crippen molar-refractivity contribution in [3.05, 3.63) is 105 Å². The van der Waals surface area contributed by atoms with E-state index in [2.05, 4.69) is 26.0 Å². The fraction of sp³-hybridized carbons (Fsp3) is 0.120. The van der Waals surface area contributed by atoms with Crippen LogP contribution in [0.5, 0.6) is 0 Å². The average Bonchev–Trinajstić information content (AvgIpc) is 3.26. The van der Waals surface area contributed by atoms with E-state index in [0.29, 0.717) is 17.7 Å². The van der Waals surface area contributed by atoms with E-state index in [0.717, 1.165) is 26.5 Å². The largest absolute Gasteiger partial charge is 0.279 e. The smallest absolute Gasteiger partial charge is 0.235 e. The van der Waals surface area contributed by atoms with Crippen molar-refractivity contribution < 1.29 is 8.42 Å². The van der Waals surface area contributed by atoms with Gasteiger partial charge in [0.2, 0.25) is 0 Å². The molecule has 0 saturated heterocycles. The third-order valence-electron chi connectivity index (χ3n) is 5.72. The highest BCUT2D eigenvalue weighted by Gasteiger charge is 2.39. The molecule has 166 valence electrons. The van der Waals surface area contributed by atoms with E-state index in [1.165, 1.54) is 4.41 Å². The van der Waals surface area contributed by atoms with Gasteiger partial charge in [-0.3, -0.25) is 0 Å². The van der Waals surface area contributed by atoms with E-state index in [4.69, 9.17) is 11.6 Å². The molecule has 0 amide bonds. The number of pyridine rings is 1. The highest BCUT2D eigenvalue weighted by molar-refractivity contribution is 9.10. The van der Waals surface area contributed by atoms with Gasteiger partial charge in [0, 0.05) is 21.8 Å². The molecule has 3 aromatic carbocycles. The molecule has 1 aliphatic heterocycles. The summed E-state index contributed by atoms with van der Waals surface area (Å²) in [7, 11) is -3.91. The number of sulfonamides is 1. The second kappa shape index (κ2) is 8.56. The fourth-order valence-corrected chi connectivity index (χ4v) is 6.01. The number of fused-ring (bicyclic) bond motifs is 1. The van der Waals surface area contributed by atoms with Gasteiger partial charge in [0.25, 0.3) is 10.0 Å². The number of hydrogen-bond acceptors (Lipinski definition) is 4. The maximum Gasteiger partial charge on any atom is 0.279 e. The first kappa shape index (κ1) is 22.1. The van der Waals surface area contributed by atoms with Crippen LogP contribution in [0.3, 0.4) is 0 Å². The summed E-state index contributed by atoms with van der Waals surface area (Å²) in [6.07, 6.45) is 0.381. The Morgan fingerprint density at radius 1 is 1.00 bits per heavy atom. The Labute approximate surface area is 205 Å². The number of hydrazone groups is 1. The van der Waals surface area contributed by atoms with Gasteiger partial charge in [-0.2, -0.15) is 17.9 Å². The second-order valence-corrected chi connectivity index (χ2v) is 10.9. The molecule has 8 heteroatoms. The molecule has 2 heterocycles. The zero-order valence-electron chi connectivity index (χ0n) is 17.6. The van der Waals surface area contributed by atoms with E-state index in [1.807, 2.05) is 55.5 Å². The third kappa shape index (κ3) is 4.05. The summed E-state index contributed by atoms with van der Waals surface area (Å²) in [6, 6.07) is 23.2. The molecule has 0 N–H and O–H groups in total. The van der Waals surface area contributed by atoms with Crippen LogP contribution in [0.2, 0.25) is 5.15 Å². The van der Waals surface area contributed by atoms with Gasteiger partial charge in [-0.1, -0.05) is 76.1 Å². The summed E-state index contributed by atoms with van der Waals surface area (Å²) in [5, 5.41) is 5.78. The molecule has 0 bridgehead atoms. The molecule has 1 aliphatic rings. The average molecular weight is 541 g/mol. The zero-order chi connectivity index (χ0) is 23.2. The van der Waals surface area contributed by atoms with E-state index in [1.54, 1.807) is 30.3 Å². The van der Waals surface area contributed by atoms with Crippen LogP contribution in [0.1, 0.15) is 29.2 Å². The van der Waals surface area contributed by atoms with Crippen LogP contribution < -0.4 is 0 Å². The standard InChI is InChI=1S/C25H19BrClN3O2S/c1-16-6-5-7-18-14-21(25(27)28-24(16)18)23-15-22(17-10-12-19(26)13-11-17)29-30(23)33(31,32)20-8-3-2-4-9-20/h2-14,23H,15H2,1H3. The van der Waals surface area contributed by atoms with Crippen LogP contribution in [-0.4, -0.2) is 23.5 Å². The summed E-state index contributed by atoms with van der Waals surface area (Å²) in [4.78, 5) is 4.78. The number of rotatable bonds is 4. The topological polar surface area (TPSA) is 62.6 Å². The Morgan fingerprint density at radius 2 is 1.73 bits per heavy atom. The van der Waals surface area contributed by atoms with Crippen LogP contribution in [0.4, 0.5) is 0 Å². The molecular formula is C25H19BrClN3O2S. The SMILES string of the molecule is Cc1cccc2cc(C3CC(c4ccc(Br)cc4)=NN3S(=O)(=O)c3ccccc3)c(Cl)nc12. The van der Waals surface area contributed by atoms with Crippen molar-refractivity contribution in [2.75, 3.05) is 0 Å². The van der Waals surface area contributed by atoms with E-state index in [-0.39, 0.29) is 10.0 Å². The summed E-state index contributed by atoms with van der Waals surface area (Å²) in [5.41, 5.74) is 3.97. The van der Waals surface area contributed by atoms with Crippen LogP contribution in [0.25, 0.3) is 10.9 Å². The highest BCUT2D eigenvalue weighted by Crippen LogP contribution is 2.40. The first-order chi connectivity index (χ1) is 15.8. The summed E-state index contributed by atoms with van der Waals surface area (Å²) in [6.45, 7) is 1.97. The van der Waals surface area contributed by atoms with Gasteiger partial charge in [0.1, 0.15) is 5.15 Å². The van der Waals surface area contributed by atoms with Gasteiger partial charge in [0.05, 0.1) is 22.2 Å². The van der Waals surface area contributed by atoms with E-state index in [9.17, 15) is 8.42 Å². The summed E-state index contributed by atoms with van der Waals surface area (Å²) < 4.78 is 29.4. The number of aryl methyl sites for hydroxylation is 1. The Hall–Kier alpha value is -2.74. The summed E-state index contributed by atoms with van der Waals surface area (Å²) in [5.74, 6) is 0. The quantitative estimate of drug-likeness (QED) is 0.278. The van der Waals surface area contributed by atoms with E-state index >= 15 is 0 Å². The molecule has 0 aliphatic carbocycles. The van der Waals surface area contributed by atoms with Crippen LogP contribution >= 0.6 is 27.5 Å². The predicted molar refractivity (Wildman–Crippen MR) is 135 cm³/mol. The van der Waals surface area contributed by atoms with Crippen molar-refractivity contribution in [1.82, 2.24) is 9.40 Å². The lowest BCUT2D eigenvalue weighted by atomic mass is 9.98. The number of nitrogens with zero attached hydrogens (tertiary/aromatic N) is 3. The summed E-state index contributed by atoms with van der Waals surface area (Å²) >= 11 is 10.1. The van der Waals surface area contributed by atoms with Gasteiger partial charge in [-0.05, 0) is 48.4 Å². The Bertz CT molecular complexity index is 1490. The van der Waals surface area contributed by atoms with Crippen molar-refractivity contribution in [2.45, 2.75) is 24.3 Å². The molecule has 1 unspecified atom stereocenters. The Kier molecular flexibility index (Phi) is 5.72. The van der Waals surface area contributed by atoms with Gasteiger partial charge in [-0.25, -0.2) is 4.98 Å². The first-order valence-corrected chi connectivity index (χ1v) is 12.9. The Morgan fingerprint density at radius 3 is 2.45 bits per heavy atom. The second-order valence-electron chi connectivity index (χ2n) is 7.88. The van der Waals surface area contributed by atoms with Crippen LogP contribution in [0, 0.1) is 6.92 Å². The van der Waals surface area contributed by atoms with Gasteiger partial charge in [-0.15, -0.1) is 0 Å². The first-order valence-electron chi connectivity index (χ1n) is 10.3. The molecule has 5 nitrogen and oxygen atoms in total. The fourth-order valence-electron chi connectivity index (χ4n) is 4.03. The maximum atomic E-state index is 13.6.